The first-order valence-corrected chi connectivity index (χ1v) is 11.1. The van der Waals surface area contributed by atoms with Crippen molar-refractivity contribution in [3.05, 3.63) is 69.8 Å². The van der Waals surface area contributed by atoms with E-state index in [4.69, 9.17) is 16.9 Å². The van der Waals surface area contributed by atoms with Gasteiger partial charge in [0.25, 0.3) is 11.8 Å². The molecule has 2 atom stereocenters. The van der Waals surface area contributed by atoms with Crippen LogP contribution in [0.1, 0.15) is 93.1 Å². The summed E-state index contributed by atoms with van der Waals surface area (Å²) < 4.78 is 0. The third-order valence-electron chi connectivity index (χ3n) is 5.62. The minimum absolute atomic E-state index is 0.0118. The molecule has 180 valence electrons. The SMILES string of the molecule is CCC(C)NC(=O)c1cc(C(=N)c2ccc(C(N)=O)c(C(=O)NC(C)CC)c2)ccc1C(N)=O. The molecule has 2 aromatic carbocycles. The summed E-state index contributed by atoms with van der Waals surface area (Å²) in [7, 11) is 0. The number of carbonyl (C=O) groups excluding carboxylic acids is 4. The van der Waals surface area contributed by atoms with E-state index in [0.29, 0.717) is 24.0 Å². The van der Waals surface area contributed by atoms with Gasteiger partial charge in [-0.05, 0) is 51.0 Å². The summed E-state index contributed by atoms with van der Waals surface area (Å²) in [5.74, 6) is -2.48. The summed E-state index contributed by atoms with van der Waals surface area (Å²) in [6.45, 7) is 7.49. The van der Waals surface area contributed by atoms with Crippen molar-refractivity contribution >= 4 is 29.3 Å². The molecule has 2 unspecified atom stereocenters. The molecule has 34 heavy (non-hydrogen) atoms. The summed E-state index contributed by atoms with van der Waals surface area (Å²) in [6, 6.07) is 8.39. The lowest BCUT2D eigenvalue weighted by atomic mass is 9.94. The first-order chi connectivity index (χ1) is 16.0. The van der Waals surface area contributed by atoms with Gasteiger partial charge in [0.1, 0.15) is 0 Å². The van der Waals surface area contributed by atoms with Gasteiger partial charge in [0, 0.05) is 23.2 Å². The highest BCUT2D eigenvalue weighted by molar-refractivity contribution is 6.16. The van der Waals surface area contributed by atoms with Crippen LogP contribution in [0.25, 0.3) is 0 Å². The van der Waals surface area contributed by atoms with Crippen molar-refractivity contribution in [3.8, 4) is 0 Å². The Labute approximate surface area is 198 Å². The van der Waals surface area contributed by atoms with E-state index < -0.39 is 23.6 Å². The quantitative estimate of drug-likeness (QED) is 0.340. The van der Waals surface area contributed by atoms with E-state index in [0.717, 1.165) is 0 Å². The number of nitrogens with two attached hydrogens (primary N) is 2. The average molecular weight is 466 g/mol. The minimum Gasteiger partial charge on any atom is -0.366 e. The van der Waals surface area contributed by atoms with Crippen LogP contribution in [0.15, 0.2) is 36.4 Å². The van der Waals surface area contributed by atoms with Gasteiger partial charge in [-0.15, -0.1) is 0 Å². The van der Waals surface area contributed by atoms with E-state index in [9.17, 15) is 19.2 Å². The molecule has 9 heteroatoms. The lowest BCUT2D eigenvalue weighted by Gasteiger charge is -2.16. The minimum atomic E-state index is -0.762. The number of hydrogen-bond acceptors (Lipinski definition) is 5. The molecule has 2 rings (SSSR count). The predicted molar refractivity (Wildman–Crippen MR) is 130 cm³/mol. The van der Waals surface area contributed by atoms with Crippen LogP contribution in [0, 0.1) is 5.41 Å². The molecule has 7 N–H and O–H groups in total. The molecule has 0 saturated heterocycles. The largest absolute Gasteiger partial charge is 0.366 e. The van der Waals surface area contributed by atoms with Gasteiger partial charge in [0.15, 0.2) is 0 Å². The standard InChI is InChI=1S/C25H31N5O4/c1-5-13(3)29-24(33)19-11-15(7-9-17(19)22(27)31)21(26)16-8-10-18(23(28)32)20(12-16)25(34)30-14(4)6-2/h7-14,26H,5-6H2,1-4H3,(H2,27,31)(H2,28,32)(H,29,33)(H,30,34). The Hall–Kier alpha value is -4.01. The summed E-state index contributed by atoms with van der Waals surface area (Å²) in [4.78, 5) is 49.2. The van der Waals surface area contributed by atoms with E-state index in [1.807, 2.05) is 27.7 Å². The molecule has 2 aromatic rings. The monoisotopic (exact) mass is 465 g/mol. The highest BCUT2D eigenvalue weighted by Gasteiger charge is 2.21. The van der Waals surface area contributed by atoms with Crippen molar-refractivity contribution in [2.24, 2.45) is 11.5 Å². The van der Waals surface area contributed by atoms with Crippen molar-refractivity contribution in [2.75, 3.05) is 0 Å². The molecular formula is C25H31N5O4. The summed E-state index contributed by atoms with van der Waals surface area (Å²) in [5.41, 5.74) is 11.7. The van der Waals surface area contributed by atoms with E-state index >= 15 is 0 Å². The maximum atomic E-state index is 12.8. The molecule has 0 spiro atoms. The van der Waals surface area contributed by atoms with Gasteiger partial charge >= 0.3 is 0 Å². The molecule has 0 fully saturated rings. The Balaban J connectivity index is 2.52. The van der Waals surface area contributed by atoms with Gasteiger partial charge in [-0.1, -0.05) is 26.0 Å². The molecule has 9 nitrogen and oxygen atoms in total. The Morgan fingerprint density at radius 2 is 1.09 bits per heavy atom. The zero-order valence-electron chi connectivity index (χ0n) is 19.8. The van der Waals surface area contributed by atoms with E-state index in [1.165, 1.54) is 36.4 Å². The normalized spacial score (nSPS) is 12.4. The smallest absolute Gasteiger partial charge is 0.252 e. The molecule has 0 aliphatic carbocycles. The van der Waals surface area contributed by atoms with Crippen molar-refractivity contribution in [2.45, 2.75) is 52.6 Å². The van der Waals surface area contributed by atoms with Crippen LogP contribution in [0.4, 0.5) is 0 Å². The van der Waals surface area contributed by atoms with E-state index in [2.05, 4.69) is 10.6 Å². The Bertz CT molecular complexity index is 1050. The molecule has 0 heterocycles. The van der Waals surface area contributed by atoms with Crippen molar-refractivity contribution in [1.29, 1.82) is 5.41 Å². The van der Waals surface area contributed by atoms with Crippen LogP contribution in [-0.2, 0) is 0 Å². The molecule has 0 radical (unpaired) electrons. The summed E-state index contributed by atoms with van der Waals surface area (Å²) in [5, 5.41) is 14.2. The Kier molecular flexibility index (Phi) is 8.66. The molecule has 0 bridgehead atoms. The lowest BCUT2D eigenvalue weighted by molar-refractivity contribution is 0.0921. The van der Waals surface area contributed by atoms with Crippen LogP contribution >= 0.6 is 0 Å². The van der Waals surface area contributed by atoms with Crippen LogP contribution < -0.4 is 22.1 Å². The van der Waals surface area contributed by atoms with E-state index in [1.54, 1.807) is 0 Å². The number of rotatable bonds is 10. The maximum Gasteiger partial charge on any atom is 0.252 e. The highest BCUT2D eigenvalue weighted by Crippen LogP contribution is 2.19. The first-order valence-electron chi connectivity index (χ1n) is 11.1. The van der Waals surface area contributed by atoms with Crippen molar-refractivity contribution < 1.29 is 19.2 Å². The van der Waals surface area contributed by atoms with Gasteiger partial charge in [-0.25, -0.2) is 0 Å². The van der Waals surface area contributed by atoms with Gasteiger partial charge in [0.2, 0.25) is 11.8 Å². The Morgan fingerprint density at radius 1 is 0.735 bits per heavy atom. The number of nitrogens with one attached hydrogen (secondary N) is 3. The topological polar surface area (TPSA) is 168 Å². The first kappa shape index (κ1) is 26.2. The number of amides is 4. The number of carbonyl (C=O) groups is 4. The van der Waals surface area contributed by atoms with Crippen LogP contribution in [0.3, 0.4) is 0 Å². The lowest BCUT2D eigenvalue weighted by Crippen LogP contribution is -2.34. The molecule has 0 aromatic heterocycles. The van der Waals surface area contributed by atoms with Crippen LogP contribution in [0.5, 0.6) is 0 Å². The zero-order valence-corrected chi connectivity index (χ0v) is 19.8. The van der Waals surface area contributed by atoms with Crippen LogP contribution in [-0.4, -0.2) is 41.4 Å². The molecule has 0 saturated carbocycles. The maximum absolute atomic E-state index is 12.8. The second kappa shape index (κ2) is 11.2. The van der Waals surface area contributed by atoms with Gasteiger partial charge in [-0.2, -0.15) is 0 Å². The zero-order chi connectivity index (χ0) is 25.6. The van der Waals surface area contributed by atoms with E-state index in [-0.39, 0.29) is 40.0 Å². The number of benzene rings is 2. The molecule has 0 aliphatic rings. The van der Waals surface area contributed by atoms with Crippen molar-refractivity contribution in [1.82, 2.24) is 10.6 Å². The second-order valence-corrected chi connectivity index (χ2v) is 8.19. The average Bonchev–Trinajstić information content (AvgIpc) is 2.82. The fourth-order valence-corrected chi connectivity index (χ4v) is 3.18. The predicted octanol–water partition coefficient (Wildman–Crippen LogP) is 2.36. The Morgan fingerprint density at radius 3 is 1.38 bits per heavy atom. The number of hydrogen-bond donors (Lipinski definition) is 5. The summed E-state index contributed by atoms with van der Waals surface area (Å²) in [6.07, 6.45) is 1.39. The van der Waals surface area contributed by atoms with Gasteiger partial charge in [-0.3, -0.25) is 24.6 Å². The number of primary amides is 2. The molecule has 4 amide bonds. The third kappa shape index (κ3) is 6.06. The fraction of sp³-hybridized carbons (Fsp3) is 0.320. The van der Waals surface area contributed by atoms with Gasteiger partial charge < -0.3 is 22.1 Å². The molecule has 0 aliphatic heterocycles. The molecular weight excluding hydrogens is 434 g/mol. The summed E-state index contributed by atoms with van der Waals surface area (Å²) >= 11 is 0. The highest BCUT2D eigenvalue weighted by atomic mass is 16.2. The van der Waals surface area contributed by atoms with Crippen molar-refractivity contribution in [3.63, 3.8) is 0 Å². The second-order valence-electron chi connectivity index (χ2n) is 8.19. The van der Waals surface area contributed by atoms with Crippen LogP contribution in [0.2, 0.25) is 0 Å². The third-order valence-corrected chi connectivity index (χ3v) is 5.62. The van der Waals surface area contributed by atoms with Gasteiger partial charge in [0.05, 0.1) is 28.0 Å². The fourth-order valence-electron chi connectivity index (χ4n) is 3.18.